The Labute approximate surface area is 127 Å². The predicted molar refractivity (Wildman–Crippen MR) is 86.8 cm³/mol. The van der Waals surface area contributed by atoms with Gasteiger partial charge in [0.05, 0.1) is 0 Å². The monoisotopic (exact) mass is 293 g/mol. The van der Waals surface area contributed by atoms with Crippen molar-refractivity contribution in [2.45, 2.75) is 40.0 Å². The summed E-state index contributed by atoms with van der Waals surface area (Å²) in [5, 5.41) is 6.52. The zero-order chi connectivity index (χ0) is 16.0. The zero-order valence-electron chi connectivity index (χ0n) is 13.9. The largest absolute Gasteiger partial charge is 0.370 e. The molecule has 2 N–H and O–H groups in total. The van der Waals surface area contributed by atoms with E-state index in [-0.39, 0.29) is 11.8 Å². The van der Waals surface area contributed by atoms with Crippen LogP contribution < -0.4 is 10.6 Å². The minimum atomic E-state index is 0.102. The van der Waals surface area contributed by atoms with E-state index in [1.165, 1.54) is 0 Å². The van der Waals surface area contributed by atoms with E-state index < -0.39 is 0 Å². The van der Waals surface area contributed by atoms with E-state index in [0.29, 0.717) is 13.0 Å². The third kappa shape index (κ3) is 4.88. The number of amides is 1. The van der Waals surface area contributed by atoms with Crippen LogP contribution in [-0.4, -0.2) is 48.0 Å². The Hall–Kier alpha value is -1.85. The molecule has 1 rings (SSSR count). The van der Waals surface area contributed by atoms with Crippen LogP contribution >= 0.6 is 0 Å². The molecule has 21 heavy (non-hydrogen) atoms. The molecule has 0 aromatic carbocycles. The van der Waals surface area contributed by atoms with Crippen molar-refractivity contribution in [2.75, 3.05) is 37.8 Å². The van der Waals surface area contributed by atoms with Gasteiger partial charge in [0.1, 0.15) is 17.5 Å². The van der Waals surface area contributed by atoms with Crippen molar-refractivity contribution in [2.24, 2.45) is 0 Å². The van der Waals surface area contributed by atoms with Gasteiger partial charge in [0.15, 0.2) is 0 Å². The Morgan fingerprint density at radius 3 is 2.24 bits per heavy atom. The maximum atomic E-state index is 11.6. The van der Waals surface area contributed by atoms with Crippen molar-refractivity contribution in [1.82, 2.24) is 14.9 Å². The number of aromatic nitrogens is 2. The fourth-order valence-corrected chi connectivity index (χ4v) is 1.82. The van der Waals surface area contributed by atoms with Crippen molar-refractivity contribution >= 4 is 17.5 Å². The fraction of sp³-hybridized carbons (Fsp3) is 0.667. The van der Waals surface area contributed by atoms with E-state index in [0.717, 1.165) is 29.6 Å². The molecule has 1 aromatic heterocycles. The number of carbonyl (C=O) groups is 1. The highest BCUT2D eigenvalue weighted by atomic mass is 16.2. The maximum Gasteiger partial charge on any atom is 0.223 e. The van der Waals surface area contributed by atoms with Crippen LogP contribution in [0.25, 0.3) is 0 Å². The molecule has 1 heterocycles. The molecule has 0 unspecified atom stereocenters. The quantitative estimate of drug-likeness (QED) is 0.807. The second-order valence-electron chi connectivity index (χ2n) is 5.55. The van der Waals surface area contributed by atoms with Crippen LogP contribution in [-0.2, 0) is 4.79 Å². The molecule has 0 saturated heterocycles. The van der Waals surface area contributed by atoms with Gasteiger partial charge in [-0.15, -0.1) is 0 Å². The summed E-state index contributed by atoms with van der Waals surface area (Å²) < 4.78 is 0. The summed E-state index contributed by atoms with van der Waals surface area (Å²) in [4.78, 5) is 22.3. The van der Waals surface area contributed by atoms with Gasteiger partial charge in [0.25, 0.3) is 0 Å². The van der Waals surface area contributed by atoms with Crippen molar-refractivity contribution in [3.05, 3.63) is 11.4 Å². The van der Waals surface area contributed by atoms with E-state index in [9.17, 15) is 4.79 Å². The third-order valence-corrected chi connectivity index (χ3v) is 3.15. The van der Waals surface area contributed by atoms with Crippen LogP contribution in [0.4, 0.5) is 11.6 Å². The van der Waals surface area contributed by atoms with Crippen LogP contribution in [0.3, 0.4) is 0 Å². The fourth-order valence-electron chi connectivity index (χ4n) is 1.82. The van der Waals surface area contributed by atoms with Crippen LogP contribution in [0.1, 0.15) is 44.5 Å². The average Bonchev–Trinajstić information content (AvgIpc) is 2.42. The first-order chi connectivity index (χ1) is 9.86. The molecule has 118 valence electrons. The summed E-state index contributed by atoms with van der Waals surface area (Å²) in [6.07, 6.45) is 0.448. The lowest BCUT2D eigenvalue weighted by Crippen LogP contribution is -2.24. The van der Waals surface area contributed by atoms with Crippen molar-refractivity contribution in [1.29, 1.82) is 0 Å². The van der Waals surface area contributed by atoms with Gasteiger partial charge in [-0.05, 0) is 13.8 Å². The van der Waals surface area contributed by atoms with E-state index in [2.05, 4.69) is 34.4 Å². The van der Waals surface area contributed by atoms with Gasteiger partial charge in [-0.1, -0.05) is 13.8 Å². The number of nitrogens with one attached hydrogen (secondary N) is 2. The Kier molecular flexibility index (Phi) is 6.39. The van der Waals surface area contributed by atoms with Crippen LogP contribution in [0.15, 0.2) is 0 Å². The molecule has 0 aliphatic carbocycles. The summed E-state index contributed by atoms with van der Waals surface area (Å²) in [5.74, 6) is 2.82. The van der Waals surface area contributed by atoms with Gasteiger partial charge in [-0.25, -0.2) is 9.97 Å². The number of rotatable bonds is 7. The molecule has 0 atom stereocenters. The first kappa shape index (κ1) is 17.2. The van der Waals surface area contributed by atoms with E-state index in [1.807, 2.05) is 13.8 Å². The third-order valence-electron chi connectivity index (χ3n) is 3.15. The highest BCUT2D eigenvalue weighted by molar-refractivity contribution is 5.76. The first-order valence-electron chi connectivity index (χ1n) is 7.43. The molecule has 0 spiro atoms. The van der Waals surface area contributed by atoms with Crippen LogP contribution in [0.2, 0.25) is 0 Å². The molecule has 0 saturated carbocycles. The summed E-state index contributed by atoms with van der Waals surface area (Å²) in [7, 11) is 3.52. The van der Waals surface area contributed by atoms with Gasteiger partial charge in [0, 0.05) is 45.1 Å². The molecule has 0 aliphatic heterocycles. The molecule has 1 amide bonds. The predicted octanol–water partition coefficient (Wildman–Crippen LogP) is 2.23. The standard InChI is InChI=1S/C15H27N5O/c1-7-16-14-11(4)15(19-13(18-14)10(2)3)17-9-8-12(21)20(5)6/h10H,7-9H2,1-6H3,(H2,16,17,18,19). The van der Waals surface area contributed by atoms with Gasteiger partial charge in [0.2, 0.25) is 5.91 Å². The van der Waals surface area contributed by atoms with Crippen molar-refractivity contribution in [3.8, 4) is 0 Å². The van der Waals surface area contributed by atoms with E-state index in [4.69, 9.17) is 0 Å². The van der Waals surface area contributed by atoms with Crippen molar-refractivity contribution < 1.29 is 4.79 Å². The Balaban J connectivity index is 2.87. The highest BCUT2D eigenvalue weighted by Crippen LogP contribution is 2.23. The molecule has 0 bridgehead atoms. The first-order valence-corrected chi connectivity index (χ1v) is 7.43. The van der Waals surface area contributed by atoms with Gasteiger partial charge in [-0.2, -0.15) is 0 Å². The van der Waals surface area contributed by atoms with Crippen LogP contribution in [0, 0.1) is 6.92 Å². The number of carbonyl (C=O) groups excluding carboxylic acids is 1. The molecule has 0 radical (unpaired) electrons. The Bertz CT molecular complexity index is 485. The average molecular weight is 293 g/mol. The van der Waals surface area contributed by atoms with E-state index >= 15 is 0 Å². The summed E-state index contributed by atoms with van der Waals surface area (Å²) in [6, 6.07) is 0. The number of anilines is 2. The smallest absolute Gasteiger partial charge is 0.223 e. The van der Waals surface area contributed by atoms with Crippen molar-refractivity contribution in [3.63, 3.8) is 0 Å². The SMILES string of the molecule is CCNc1nc(C(C)C)nc(NCCC(=O)N(C)C)c1C. The molecule has 1 aromatic rings. The second kappa shape index (κ2) is 7.81. The Morgan fingerprint density at radius 2 is 1.76 bits per heavy atom. The minimum absolute atomic E-state index is 0.102. The lowest BCUT2D eigenvalue weighted by atomic mass is 10.2. The second-order valence-corrected chi connectivity index (χ2v) is 5.55. The normalized spacial score (nSPS) is 10.6. The van der Waals surface area contributed by atoms with Gasteiger partial charge in [-0.3, -0.25) is 4.79 Å². The van der Waals surface area contributed by atoms with Crippen LogP contribution in [0.5, 0.6) is 0 Å². The summed E-state index contributed by atoms with van der Waals surface area (Å²) in [6.45, 7) is 9.54. The summed E-state index contributed by atoms with van der Waals surface area (Å²) >= 11 is 0. The number of hydrogen-bond acceptors (Lipinski definition) is 5. The maximum absolute atomic E-state index is 11.6. The molecule has 0 aliphatic rings. The molecule has 6 nitrogen and oxygen atoms in total. The molecular weight excluding hydrogens is 266 g/mol. The lowest BCUT2D eigenvalue weighted by molar-refractivity contribution is -0.128. The highest BCUT2D eigenvalue weighted by Gasteiger charge is 2.13. The molecular formula is C15H27N5O. The molecule has 0 fully saturated rings. The minimum Gasteiger partial charge on any atom is -0.370 e. The topological polar surface area (TPSA) is 70.1 Å². The summed E-state index contributed by atoms with van der Waals surface area (Å²) in [5.41, 5.74) is 0.985. The lowest BCUT2D eigenvalue weighted by Gasteiger charge is -2.16. The number of hydrogen-bond donors (Lipinski definition) is 2. The van der Waals surface area contributed by atoms with E-state index in [1.54, 1.807) is 19.0 Å². The Morgan fingerprint density at radius 1 is 1.19 bits per heavy atom. The molecule has 6 heteroatoms. The zero-order valence-corrected chi connectivity index (χ0v) is 13.9. The van der Waals surface area contributed by atoms with Gasteiger partial charge < -0.3 is 15.5 Å². The number of nitrogens with zero attached hydrogens (tertiary/aromatic N) is 3. The van der Waals surface area contributed by atoms with Gasteiger partial charge >= 0.3 is 0 Å².